The first kappa shape index (κ1) is 13.9. The second-order valence-corrected chi connectivity index (χ2v) is 4.60. The lowest BCUT2D eigenvalue weighted by Gasteiger charge is -2.02. The van der Waals surface area contributed by atoms with E-state index in [-0.39, 0.29) is 17.5 Å². The number of rotatable bonds is 5. The molecule has 4 N–H and O–H groups in total. The van der Waals surface area contributed by atoms with Gasteiger partial charge in [0.1, 0.15) is 11.4 Å². The summed E-state index contributed by atoms with van der Waals surface area (Å²) in [6.07, 6.45) is 1.02. The summed E-state index contributed by atoms with van der Waals surface area (Å²) in [6.45, 7) is 2.42. The highest BCUT2D eigenvalue weighted by Gasteiger charge is 2.11. The van der Waals surface area contributed by atoms with E-state index in [0.29, 0.717) is 25.0 Å². The number of oxime groups is 1. The Bertz CT molecular complexity index is 646. The predicted octanol–water partition coefficient (Wildman–Crippen LogP) is 2.00. The third-order valence-corrected chi connectivity index (χ3v) is 2.92. The molecule has 0 saturated heterocycles. The van der Waals surface area contributed by atoms with Gasteiger partial charge < -0.3 is 20.7 Å². The molecular formula is C14H17N3O3. The zero-order valence-corrected chi connectivity index (χ0v) is 11.2. The van der Waals surface area contributed by atoms with Gasteiger partial charge in [-0.3, -0.25) is 4.79 Å². The number of amides is 1. The van der Waals surface area contributed by atoms with Crippen LogP contribution in [0, 0.1) is 6.92 Å². The van der Waals surface area contributed by atoms with E-state index in [4.69, 9.17) is 15.4 Å². The summed E-state index contributed by atoms with van der Waals surface area (Å²) >= 11 is 0. The molecular weight excluding hydrogens is 258 g/mol. The molecule has 0 saturated carbocycles. The molecule has 0 aliphatic rings. The van der Waals surface area contributed by atoms with Crippen LogP contribution in [0.1, 0.15) is 29.0 Å². The van der Waals surface area contributed by atoms with Crippen LogP contribution < -0.4 is 11.1 Å². The maximum absolute atomic E-state index is 11.9. The van der Waals surface area contributed by atoms with Crippen molar-refractivity contribution in [2.75, 3.05) is 6.54 Å². The standard InChI is InChI=1S/C14H17N3O3/c1-9-4-5-11-10(7-9)8-12(20-11)14(18)16-6-2-3-13(15)17-19/h4-5,7-8,19H,2-3,6H2,1H3,(H2,15,17)(H,16,18). The lowest BCUT2D eigenvalue weighted by Crippen LogP contribution is -2.25. The topological polar surface area (TPSA) is 101 Å². The van der Waals surface area contributed by atoms with Crippen LogP contribution in [0.3, 0.4) is 0 Å². The average Bonchev–Trinajstić information content (AvgIpc) is 2.86. The van der Waals surface area contributed by atoms with Crippen molar-refractivity contribution in [1.29, 1.82) is 0 Å². The van der Waals surface area contributed by atoms with Crippen molar-refractivity contribution < 1.29 is 14.4 Å². The number of aryl methyl sites for hydroxylation is 1. The van der Waals surface area contributed by atoms with Crippen LogP contribution in [0.25, 0.3) is 11.0 Å². The number of hydrogen-bond donors (Lipinski definition) is 3. The Labute approximate surface area is 116 Å². The highest BCUT2D eigenvalue weighted by molar-refractivity contribution is 5.96. The third-order valence-electron chi connectivity index (χ3n) is 2.92. The van der Waals surface area contributed by atoms with E-state index in [9.17, 15) is 4.79 Å². The molecule has 0 aliphatic heterocycles. The Morgan fingerprint density at radius 1 is 1.45 bits per heavy atom. The second-order valence-electron chi connectivity index (χ2n) is 4.60. The van der Waals surface area contributed by atoms with Crippen LogP contribution in [0.15, 0.2) is 33.8 Å². The van der Waals surface area contributed by atoms with E-state index >= 15 is 0 Å². The van der Waals surface area contributed by atoms with E-state index in [2.05, 4.69) is 10.5 Å². The number of nitrogens with zero attached hydrogens (tertiary/aromatic N) is 1. The van der Waals surface area contributed by atoms with Gasteiger partial charge in [0.25, 0.3) is 5.91 Å². The molecule has 106 valence electrons. The lowest BCUT2D eigenvalue weighted by molar-refractivity contribution is 0.0928. The molecule has 1 aromatic heterocycles. The number of fused-ring (bicyclic) bond motifs is 1. The molecule has 20 heavy (non-hydrogen) atoms. The van der Waals surface area contributed by atoms with E-state index in [1.165, 1.54) is 0 Å². The summed E-state index contributed by atoms with van der Waals surface area (Å²) in [6, 6.07) is 7.47. The normalized spacial score (nSPS) is 11.8. The van der Waals surface area contributed by atoms with Crippen molar-refractivity contribution in [2.24, 2.45) is 10.9 Å². The summed E-state index contributed by atoms with van der Waals surface area (Å²) in [5, 5.41) is 14.9. The van der Waals surface area contributed by atoms with E-state index in [1.54, 1.807) is 6.07 Å². The molecule has 0 radical (unpaired) electrons. The fourth-order valence-electron chi connectivity index (χ4n) is 1.88. The lowest BCUT2D eigenvalue weighted by atomic mass is 10.2. The Morgan fingerprint density at radius 3 is 3.00 bits per heavy atom. The molecule has 1 amide bonds. The van der Waals surface area contributed by atoms with Crippen molar-refractivity contribution in [2.45, 2.75) is 19.8 Å². The predicted molar refractivity (Wildman–Crippen MR) is 75.9 cm³/mol. The maximum atomic E-state index is 11.9. The van der Waals surface area contributed by atoms with Gasteiger partial charge in [-0.25, -0.2) is 0 Å². The van der Waals surface area contributed by atoms with Crippen LogP contribution in [0.2, 0.25) is 0 Å². The van der Waals surface area contributed by atoms with Crippen molar-refractivity contribution in [3.63, 3.8) is 0 Å². The maximum Gasteiger partial charge on any atom is 0.287 e. The van der Waals surface area contributed by atoms with Crippen molar-refractivity contribution >= 4 is 22.7 Å². The minimum atomic E-state index is -0.265. The third kappa shape index (κ3) is 3.28. The van der Waals surface area contributed by atoms with Gasteiger partial charge in [0.15, 0.2) is 5.76 Å². The van der Waals surface area contributed by atoms with Gasteiger partial charge >= 0.3 is 0 Å². The largest absolute Gasteiger partial charge is 0.451 e. The number of nitrogens with two attached hydrogens (primary N) is 1. The van der Waals surface area contributed by atoms with Crippen LogP contribution >= 0.6 is 0 Å². The number of benzene rings is 1. The van der Waals surface area contributed by atoms with Crippen LogP contribution in [0.4, 0.5) is 0 Å². The number of amidine groups is 1. The molecule has 2 rings (SSSR count). The minimum absolute atomic E-state index is 0.151. The number of hydrogen-bond acceptors (Lipinski definition) is 4. The van der Waals surface area contributed by atoms with E-state index in [0.717, 1.165) is 10.9 Å². The fraction of sp³-hybridized carbons (Fsp3) is 0.286. The summed E-state index contributed by atoms with van der Waals surface area (Å²) in [5.74, 6) is 0.172. The van der Waals surface area contributed by atoms with Gasteiger partial charge in [-0.05, 0) is 31.5 Å². The van der Waals surface area contributed by atoms with Gasteiger partial charge in [-0.15, -0.1) is 0 Å². The molecule has 0 spiro atoms. The molecule has 6 nitrogen and oxygen atoms in total. The number of nitrogens with one attached hydrogen (secondary N) is 1. The molecule has 2 aromatic rings. The van der Waals surface area contributed by atoms with E-state index in [1.807, 2.05) is 25.1 Å². The summed E-state index contributed by atoms with van der Waals surface area (Å²) < 4.78 is 5.48. The molecule has 1 aromatic carbocycles. The molecule has 6 heteroatoms. The Kier molecular flexibility index (Phi) is 4.24. The van der Waals surface area contributed by atoms with Crippen LogP contribution in [-0.2, 0) is 0 Å². The van der Waals surface area contributed by atoms with Crippen molar-refractivity contribution in [3.8, 4) is 0 Å². The van der Waals surface area contributed by atoms with E-state index < -0.39 is 0 Å². The minimum Gasteiger partial charge on any atom is -0.451 e. The fourth-order valence-corrected chi connectivity index (χ4v) is 1.88. The highest BCUT2D eigenvalue weighted by Crippen LogP contribution is 2.20. The van der Waals surface area contributed by atoms with Gasteiger partial charge in [0, 0.05) is 18.4 Å². The van der Waals surface area contributed by atoms with Crippen molar-refractivity contribution in [1.82, 2.24) is 5.32 Å². The molecule has 0 aliphatic carbocycles. The molecule has 0 bridgehead atoms. The Hall–Kier alpha value is -2.50. The van der Waals surface area contributed by atoms with Gasteiger partial charge in [-0.1, -0.05) is 16.8 Å². The summed E-state index contributed by atoms with van der Waals surface area (Å²) in [7, 11) is 0. The zero-order chi connectivity index (χ0) is 14.5. The Balaban J connectivity index is 1.94. The average molecular weight is 275 g/mol. The monoisotopic (exact) mass is 275 g/mol. The zero-order valence-electron chi connectivity index (χ0n) is 11.2. The smallest absolute Gasteiger partial charge is 0.287 e. The summed E-state index contributed by atoms with van der Waals surface area (Å²) in [5.41, 5.74) is 7.14. The van der Waals surface area contributed by atoms with Crippen molar-refractivity contribution in [3.05, 3.63) is 35.6 Å². The first-order valence-corrected chi connectivity index (χ1v) is 6.35. The quantitative estimate of drug-likeness (QED) is 0.255. The van der Waals surface area contributed by atoms with Gasteiger partial charge in [0.05, 0.1) is 0 Å². The Morgan fingerprint density at radius 2 is 2.25 bits per heavy atom. The number of carbonyl (C=O) groups is 1. The van der Waals surface area contributed by atoms with Gasteiger partial charge in [-0.2, -0.15) is 0 Å². The molecule has 1 heterocycles. The van der Waals surface area contributed by atoms with Crippen LogP contribution in [0.5, 0.6) is 0 Å². The van der Waals surface area contributed by atoms with Gasteiger partial charge in [0.2, 0.25) is 0 Å². The first-order chi connectivity index (χ1) is 9.60. The summed E-state index contributed by atoms with van der Waals surface area (Å²) in [4.78, 5) is 11.9. The molecule has 0 atom stereocenters. The molecule has 0 fully saturated rings. The van der Waals surface area contributed by atoms with Crippen LogP contribution in [-0.4, -0.2) is 23.5 Å². The first-order valence-electron chi connectivity index (χ1n) is 6.35. The number of carbonyl (C=O) groups excluding carboxylic acids is 1. The SMILES string of the molecule is Cc1ccc2oc(C(=O)NCCCC(N)=NO)cc2c1. The highest BCUT2D eigenvalue weighted by atomic mass is 16.4. The second kappa shape index (κ2) is 6.10. The molecule has 0 unspecified atom stereocenters. The number of furan rings is 1.